The predicted molar refractivity (Wildman–Crippen MR) is 107 cm³/mol. The number of amides is 2. The normalized spacial score (nSPS) is 10.5. The Kier molecular flexibility index (Phi) is 6.03. The number of carbonyl (C=O) groups excluding carboxylic acids is 3. The Morgan fingerprint density at radius 2 is 1.62 bits per heavy atom. The predicted octanol–water partition coefficient (Wildman–Crippen LogP) is 2.51. The van der Waals surface area contributed by atoms with Crippen molar-refractivity contribution >= 4 is 40.3 Å². The Hall–Kier alpha value is -3.94. The van der Waals surface area contributed by atoms with E-state index in [9.17, 15) is 19.2 Å². The number of aliphatic carboxylic acids is 1. The topological polar surface area (TPSA) is 118 Å². The molecule has 8 heteroatoms. The van der Waals surface area contributed by atoms with E-state index < -0.39 is 18.4 Å². The largest absolute Gasteiger partial charge is 0.480 e. The lowest BCUT2D eigenvalue weighted by Gasteiger charge is -2.07. The lowest BCUT2D eigenvalue weighted by atomic mass is 10.2. The average Bonchev–Trinajstić information content (AvgIpc) is 3.15. The van der Waals surface area contributed by atoms with Gasteiger partial charge in [0.2, 0.25) is 11.8 Å². The van der Waals surface area contributed by atoms with Crippen LogP contribution in [0.5, 0.6) is 0 Å². The minimum atomic E-state index is -1.13. The molecule has 3 rings (SSSR count). The minimum absolute atomic E-state index is 0.0200. The molecule has 2 amide bonds. The van der Waals surface area contributed by atoms with Gasteiger partial charge in [0.15, 0.2) is 0 Å². The van der Waals surface area contributed by atoms with Crippen molar-refractivity contribution in [2.45, 2.75) is 12.8 Å². The van der Waals surface area contributed by atoms with E-state index >= 15 is 0 Å². The number of carbonyl (C=O) groups is 4. The zero-order valence-corrected chi connectivity index (χ0v) is 15.4. The van der Waals surface area contributed by atoms with Crippen LogP contribution in [0.15, 0.2) is 60.8 Å². The highest BCUT2D eigenvalue weighted by atomic mass is 16.4. The van der Waals surface area contributed by atoms with Gasteiger partial charge in [-0.05, 0) is 36.4 Å². The highest BCUT2D eigenvalue weighted by molar-refractivity contribution is 5.98. The third-order valence-corrected chi connectivity index (χ3v) is 4.27. The van der Waals surface area contributed by atoms with Crippen LogP contribution >= 0.6 is 0 Å². The smallest absolute Gasteiger partial charge is 0.322 e. The quantitative estimate of drug-likeness (QED) is 0.570. The second kappa shape index (κ2) is 8.83. The summed E-state index contributed by atoms with van der Waals surface area (Å²) >= 11 is 0. The zero-order chi connectivity index (χ0) is 20.8. The van der Waals surface area contributed by atoms with Crippen LogP contribution in [0.1, 0.15) is 28.0 Å². The van der Waals surface area contributed by atoms with Gasteiger partial charge in [-0.3, -0.25) is 23.7 Å². The van der Waals surface area contributed by atoms with Gasteiger partial charge in [-0.25, -0.2) is 0 Å². The van der Waals surface area contributed by atoms with Crippen molar-refractivity contribution in [1.82, 2.24) is 9.88 Å². The number of anilines is 1. The molecule has 0 bridgehead atoms. The average molecular weight is 393 g/mol. The van der Waals surface area contributed by atoms with E-state index in [1.54, 1.807) is 6.20 Å². The van der Waals surface area contributed by atoms with Crippen LogP contribution in [0, 0.1) is 0 Å². The Bertz CT molecular complexity index is 1070. The van der Waals surface area contributed by atoms with Crippen molar-refractivity contribution in [2.75, 3.05) is 11.9 Å². The molecule has 0 radical (unpaired) electrons. The van der Waals surface area contributed by atoms with Crippen LogP contribution in [-0.2, 0) is 9.59 Å². The molecule has 2 aromatic carbocycles. The van der Waals surface area contributed by atoms with Crippen LogP contribution in [0.2, 0.25) is 0 Å². The molecule has 0 spiro atoms. The molecule has 0 aliphatic carbocycles. The fraction of sp³-hybridized carbons (Fsp3) is 0.143. The van der Waals surface area contributed by atoms with E-state index in [0.29, 0.717) is 5.69 Å². The lowest BCUT2D eigenvalue weighted by Crippen LogP contribution is -2.29. The number of carboxylic acid groups (broad SMARTS) is 1. The molecule has 0 aliphatic rings. The van der Waals surface area contributed by atoms with E-state index in [1.165, 1.54) is 28.8 Å². The fourth-order valence-electron chi connectivity index (χ4n) is 2.83. The van der Waals surface area contributed by atoms with Crippen molar-refractivity contribution in [1.29, 1.82) is 0 Å². The molecule has 0 saturated carbocycles. The summed E-state index contributed by atoms with van der Waals surface area (Å²) in [5, 5.41) is 14.4. The Morgan fingerprint density at radius 3 is 2.34 bits per heavy atom. The number of nitrogens with one attached hydrogen (secondary N) is 2. The number of nitrogens with zero attached hydrogens (tertiary/aromatic N) is 1. The number of hydrogen-bond donors (Lipinski definition) is 3. The second-order valence-corrected chi connectivity index (χ2v) is 6.34. The summed E-state index contributed by atoms with van der Waals surface area (Å²) in [5.74, 6) is -2.15. The molecule has 0 fully saturated rings. The molecular formula is C21H19N3O5. The number of rotatable bonds is 7. The maximum Gasteiger partial charge on any atom is 0.322 e. The minimum Gasteiger partial charge on any atom is -0.480 e. The second-order valence-electron chi connectivity index (χ2n) is 6.34. The summed E-state index contributed by atoms with van der Waals surface area (Å²) < 4.78 is 1.53. The monoisotopic (exact) mass is 393 g/mol. The van der Waals surface area contributed by atoms with E-state index in [-0.39, 0.29) is 30.2 Å². The SMILES string of the molecule is O=C(O)CNC(=O)c1ccc(NC(=O)CCC(=O)n2ccc3ccccc32)cc1. The molecule has 0 atom stereocenters. The van der Waals surface area contributed by atoms with E-state index in [0.717, 1.165) is 10.9 Å². The van der Waals surface area contributed by atoms with Gasteiger partial charge < -0.3 is 15.7 Å². The maximum absolute atomic E-state index is 12.4. The standard InChI is InChI=1S/C21H19N3O5/c25-18(9-10-19(26)24-12-11-14-3-1-2-4-17(14)24)23-16-7-5-15(6-8-16)21(29)22-13-20(27)28/h1-8,11-12H,9-10,13H2,(H,22,29)(H,23,25)(H,27,28). The van der Waals surface area contributed by atoms with Gasteiger partial charge in [0.05, 0.1) is 5.52 Å². The molecule has 1 heterocycles. The highest BCUT2D eigenvalue weighted by Crippen LogP contribution is 2.16. The van der Waals surface area contributed by atoms with Gasteiger partial charge in [0.1, 0.15) is 6.54 Å². The summed E-state index contributed by atoms with van der Waals surface area (Å²) in [4.78, 5) is 46.8. The maximum atomic E-state index is 12.4. The molecule has 148 valence electrons. The van der Waals surface area contributed by atoms with Crippen LogP contribution in [0.4, 0.5) is 5.69 Å². The summed E-state index contributed by atoms with van der Waals surface area (Å²) in [6, 6.07) is 15.4. The number of fused-ring (bicyclic) bond motifs is 1. The van der Waals surface area contributed by atoms with Gasteiger partial charge in [-0.2, -0.15) is 0 Å². The molecule has 3 aromatic rings. The van der Waals surface area contributed by atoms with E-state index in [2.05, 4.69) is 10.6 Å². The molecule has 8 nitrogen and oxygen atoms in total. The van der Waals surface area contributed by atoms with Crippen LogP contribution in [0.25, 0.3) is 10.9 Å². The van der Waals surface area contributed by atoms with Gasteiger partial charge in [0, 0.05) is 35.7 Å². The number of para-hydroxylation sites is 1. The van der Waals surface area contributed by atoms with Crippen LogP contribution in [0.3, 0.4) is 0 Å². The summed E-state index contributed by atoms with van der Waals surface area (Å²) in [6.45, 7) is -0.470. The first-order chi connectivity index (χ1) is 13.9. The Morgan fingerprint density at radius 1 is 0.897 bits per heavy atom. The molecule has 0 saturated heterocycles. The summed E-state index contributed by atoms with van der Waals surface area (Å²) in [6.07, 6.45) is 1.77. The van der Waals surface area contributed by atoms with Gasteiger partial charge in [0.25, 0.3) is 5.91 Å². The zero-order valence-electron chi connectivity index (χ0n) is 15.4. The van der Waals surface area contributed by atoms with Gasteiger partial charge in [-0.1, -0.05) is 18.2 Å². The lowest BCUT2D eigenvalue weighted by molar-refractivity contribution is -0.135. The van der Waals surface area contributed by atoms with E-state index in [4.69, 9.17) is 5.11 Å². The number of aromatic nitrogens is 1. The third-order valence-electron chi connectivity index (χ3n) is 4.27. The Balaban J connectivity index is 1.52. The fourth-order valence-corrected chi connectivity index (χ4v) is 2.83. The number of carboxylic acids is 1. The molecule has 0 unspecified atom stereocenters. The molecule has 1 aromatic heterocycles. The molecule has 3 N–H and O–H groups in total. The van der Waals surface area contributed by atoms with Crippen molar-refractivity contribution in [3.05, 3.63) is 66.4 Å². The Labute approximate surface area is 166 Å². The van der Waals surface area contributed by atoms with Crippen molar-refractivity contribution in [2.24, 2.45) is 0 Å². The van der Waals surface area contributed by atoms with Crippen LogP contribution < -0.4 is 10.6 Å². The van der Waals surface area contributed by atoms with E-state index in [1.807, 2.05) is 30.3 Å². The van der Waals surface area contributed by atoms with Crippen molar-refractivity contribution < 1.29 is 24.3 Å². The molecule has 0 aliphatic heterocycles. The first-order valence-corrected chi connectivity index (χ1v) is 8.93. The van der Waals surface area contributed by atoms with Crippen LogP contribution in [-0.4, -0.2) is 39.9 Å². The van der Waals surface area contributed by atoms with Crippen molar-refractivity contribution in [3.63, 3.8) is 0 Å². The van der Waals surface area contributed by atoms with Gasteiger partial charge in [-0.15, -0.1) is 0 Å². The molecular weight excluding hydrogens is 374 g/mol. The van der Waals surface area contributed by atoms with Crippen molar-refractivity contribution in [3.8, 4) is 0 Å². The number of benzene rings is 2. The first kappa shape index (κ1) is 19.8. The third kappa shape index (κ3) is 5.07. The number of hydrogen-bond acceptors (Lipinski definition) is 4. The van der Waals surface area contributed by atoms with Gasteiger partial charge >= 0.3 is 5.97 Å². The molecule has 29 heavy (non-hydrogen) atoms. The first-order valence-electron chi connectivity index (χ1n) is 8.93. The highest BCUT2D eigenvalue weighted by Gasteiger charge is 2.12. The summed E-state index contributed by atoms with van der Waals surface area (Å²) in [7, 11) is 0. The summed E-state index contributed by atoms with van der Waals surface area (Å²) in [5.41, 5.74) is 1.55.